The maximum atomic E-state index is 5.42. The van der Waals surface area contributed by atoms with E-state index in [-0.39, 0.29) is 0 Å². The molecule has 4 aromatic rings. The third kappa shape index (κ3) is 3.95. The molecule has 0 spiro atoms. The van der Waals surface area contributed by atoms with Gasteiger partial charge in [-0.2, -0.15) is 0 Å². The molecule has 0 unspecified atom stereocenters. The van der Waals surface area contributed by atoms with Crippen LogP contribution < -0.4 is 4.90 Å². The van der Waals surface area contributed by atoms with Gasteiger partial charge in [-0.3, -0.25) is 4.98 Å². The lowest BCUT2D eigenvalue weighted by atomic mass is 9.76. The summed E-state index contributed by atoms with van der Waals surface area (Å²) in [6, 6.07) is 22.5. The van der Waals surface area contributed by atoms with Crippen molar-refractivity contribution < 1.29 is 0 Å². The predicted molar refractivity (Wildman–Crippen MR) is 154 cm³/mol. The van der Waals surface area contributed by atoms with Gasteiger partial charge in [0.15, 0.2) is 0 Å². The molecule has 0 fully saturated rings. The van der Waals surface area contributed by atoms with E-state index in [4.69, 9.17) is 4.98 Å². The van der Waals surface area contributed by atoms with Crippen LogP contribution in [0.15, 0.2) is 69.6 Å². The smallest absolute Gasteiger partial charge is 0.0786 e. The van der Waals surface area contributed by atoms with E-state index < -0.39 is 0 Å². The zero-order valence-corrected chi connectivity index (χ0v) is 23.3. The highest BCUT2D eigenvalue weighted by atomic mass is 79.9. The predicted octanol–water partition coefficient (Wildman–Crippen LogP) is 8.65. The third-order valence-corrected chi connectivity index (χ3v) is 8.58. The van der Waals surface area contributed by atoms with E-state index in [9.17, 15) is 0 Å². The number of rotatable bonds is 4. The molecule has 6 rings (SSSR count). The minimum atomic E-state index is 0.990. The van der Waals surface area contributed by atoms with Crippen molar-refractivity contribution in [2.75, 3.05) is 18.0 Å². The first kappa shape index (κ1) is 23.0. The van der Waals surface area contributed by atoms with Gasteiger partial charge in [-0.15, -0.1) is 0 Å². The van der Waals surface area contributed by atoms with Crippen LogP contribution in [0.25, 0.3) is 33.5 Å². The Morgan fingerprint density at radius 1 is 0.714 bits per heavy atom. The van der Waals surface area contributed by atoms with Gasteiger partial charge in [0.2, 0.25) is 0 Å². The number of hydrogen-bond donors (Lipinski definition) is 0. The molecule has 0 aliphatic heterocycles. The normalized spacial score (nSPS) is 13.5. The highest BCUT2D eigenvalue weighted by Crippen LogP contribution is 2.48. The number of anilines is 1. The minimum Gasteiger partial charge on any atom is -0.372 e. The van der Waals surface area contributed by atoms with Crippen LogP contribution in [0.1, 0.15) is 36.2 Å². The summed E-state index contributed by atoms with van der Waals surface area (Å²) in [7, 11) is 0. The van der Waals surface area contributed by atoms with Crippen LogP contribution in [0.4, 0.5) is 5.69 Å². The van der Waals surface area contributed by atoms with Gasteiger partial charge in [0.25, 0.3) is 0 Å². The topological polar surface area (TPSA) is 16.1 Å². The molecule has 35 heavy (non-hydrogen) atoms. The van der Waals surface area contributed by atoms with Crippen LogP contribution in [0.5, 0.6) is 0 Å². The molecule has 0 N–H and O–H groups in total. The lowest BCUT2D eigenvalue weighted by Gasteiger charge is -2.30. The van der Waals surface area contributed by atoms with E-state index in [0.29, 0.717) is 0 Å². The molecular formula is C31H28Br2N2. The van der Waals surface area contributed by atoms with Crippen molar-refractivity contribution in [1.29, 1.82) is 0 Å². The quantitative estimate of drug-likeness (QED) is 0.237. The molecule has 0 saturated carbocycles. The van der Waals surface area contributed by atoms with Crippen LogP contribution in [0.3, 0.4) is 0 Å². The summed E-state index contributed by atoms with van der Waals surface area (Å²) >= 11 is 7.37. The maximum Gasteiger partial charge on any atom is 0.0786 e. The standard InChI is InChI=1S/C31H28Br2N2/c1-3-35(4-2)24-11-5-19(6-12-24)31-30-26-15-10-23(33)17-20(26)7-13-27(30)29-25-14-9-22(32)18-21(25)8-16-28(29)34-31/h5-6,9-12,14-15,17-18H,3-4,7-8,13,16H2,1-2H3. The number of benzene rings is 3. The van der Waals surface area contributed by atoms with Crippen molar-refractivity contribution in [3.63, 3.8) is 0 Å². The molecule has 1 heterocycles. The van der Waals surface area contributed by atoms with E-state index in [1.165, 1.54) is 55.9 Å². The Balaban J connectivity index is 1.60. The second-order valence-electron chi connectivity index (χ2n) is 9.46. The summed E-state index contributed by atoms with van der Waals surface area (Å²) in [5.74, 6) is 0. The average molecular weight is 588 g/mol. The fourth-order valence-corrected chi connectivity index (χ4v) is 6.71. The van der Waals surface area contributed by atoms with E-state index in [1.54, 1.807) is 0 Å². The Morgan fingerprint density at radius 3 is 1.94 bits per heavy atom. The molecule has 2 nitrogen and oxygen atoms in total. The number of pyridine rings is 1. The van der Waals surface area contributed by atoms with Crippen LogP contribution in [-0.2, 0) is 25.7 Å². The molecule has 2 aliphatic carbocycles. The Labute approximate surface area is 224 Å². The molecule has 2 aliphatic rings. The van der Waals surface area contributed by atoms with Crippen LogP contribution in [0.2, 0.25) is 0 Å². The zero-order chi connectivity index (χ0) is 24.1. The second kappa shape index (κ2) is 9.22. The Kier molecular flexibility index (Phi) is 6.06. The minimum absolute atomic E-state index is 0.990. The van der Waals surface area contributed by atoms with Gasteiger partial charge in [-0.25, -0.2) is 0 Å². The molecule has 0 atom stereocenters. The second-order valence-corrected chi connectivity index (χ2v) is 11.3. The van der Waals surface area contributed by atoms with E-state index in [1.807, 2.05) is 0 Å². The lowest BCUT2D eigenvalue weighted by molar-refractivity contribution is 0.865. The monoisotopic (exact) mass is 586 g/mol. The first-order chi connectivity index (χ1) is 17.1. The largest absolute Gasteiger partial charge is 0.372 e. The van der Waals surface area contributed by atoms with Gasteiger partial charge in [0.1, 0.15) is 0 Å². The van der Waals surface area contributed by atoms with Crippen molar-refractivity contribution >= 4 is 37.5 Å². The molecular weight excluding hydrogens is 560 g/mol. The molecule has 4 heteroatoms. The van der Waals surface area contributed by atoms with Crippen molar-refractivity contribution in [3.05, 3.63) is 92.0 Å². The summed E-state index contributed by atoms with van der Waals surface area (Å²) in [4.78, 5) is 7.81. The molecule has 0 amide bonds. The number of hydrogen-bond acceptors (Lipinski definition) is 2. The van der Waals surface area contributed by atoms with Gasteiger partial charge in [-0.1, -0.05) is 56.1 Å². The van der Waals surface area contributed by atoms with Gasteiger partial charge < -0.3 is 4.90 Å². The molecule has 0 radical (unpaired) electrons. The van der Waals surface area contributed by atoms with E-state index in [0.717, 1.165) is 53.4 Å². The molecule has 176 valence electrons. The number of aryl methyl sites for hydroxylation is 3. The number of nitrogens with zero attached hydrogens (tertiary/aromatic N) is 2. The molecule has 0 bridgehead atoms. The highest BCUT2D eigenvalue weighted by Gasteiger charge is 2.29. The van der Waals surface area contributed by atoms with Gasteiger partial charge >= 0.3 is 0 Å². The lowest BCUT2D eigenvalue weighted by Crippen LogP contribution is -2.21. The highest BCUT2D eigenvalue weighted by molar-refractivity contribution is 9.10. The van der Waals surface area contributed by atoms with Crippen LogP contribution in [-0.4, -0.2) is 18.1 Å². The van der Waals surface area contributed by atoms with Gasteiger partial charge in [0, 0.05) is 50.1 Å². The summed E-state index contributed by atoms with van der Waals surface area (Å²) in [5.41, 5.74) is 14.6. The summed E-state index contributed by atoms with van der Waals surface area (Å²) < 4.78 is 2.30. The van der Waals surface area contributed by atoms with Crippen molar-refractivity contribution in [2.45, 2.75) is 39.5 Å². The maximum absolute atomic E-state index is 5.42. The fourth-order valence-electron chi connectivity index (χ4n) is 5.89. The zero-order valence-electron chi connectivity index (χ0n) is 20.2. The molecule has 3 aromatic carbocycles. The average Bonchev–Trinajstić information content (AvgIpc) is 2.88. The number of halogens is 2. The third-order valence-electron chi connectivity index (χ3n) is 7.59. The van der Waals surface area contributed by atoms with Gasteiger partial charge in [0.05, 0.1) is 5.69 Å². The van der Waals surface area contributed by atoms with E-state index >= 15 is 0 Å². The van der Waals surface area contributed by atoms with Crippen LogP contribution >= 0.6 is 31.9 Å². The summed E-state index contributed by atoms with van der Waals surface area (Å²) in [6.45, 7) is 6.45. The Bertz CT molecular complexity index is 1440. The first-order valence-corrected chi connectivity index (χ1v) is 14.1. The van der Waals surface area contributed by atoms with Crippen LogP contribution in [0, 0.1) is 0 Å². The Hall–Kier alpha value is -2.43. The van der Waals surface area contributed by atoms with E-state index in [2.05, 4.69) is 111 Å². The Morgan fingerprint density at radius 2 is 1.31 bits per heavy atom. The number of aromatic nitrogens is 1. The number of fused-ring (bicyclic) bond motifs is 7. The molecule has 0 saturated heterocycles. The first-order valence-electron chi connectivity index (χ1n) is 12.6. The molecule has 1 aromatic heterocycles. The van der Waals surface area contributed by atoms with Gasteiger partial charge in [-0.05, 0) is 104 Å². The van der Waals surface area contributed by atoms with Crippen molar-refractivity contribution in [3.8, 4) is 33.5 Å². The summed E-state index contributed by atoms with van der Waals surface area (Å²) in [5, 5.41) is 0. The fraction of sp³-hybridized carbons (Fsp3) is 0.258. The summed E-state index contributed by atoms with van der Waals surface area (Å²) in [6.07, 6.45) is 4.13. The SMILES string of the molecule is CCN(CC)c1ccc(-c2nc3c(c4c2-c2ccc(Br)cc2CC4)-c2ccc(Br)cc2CC3)cc1. The van der Waals surface area contributed by atoms with Crippen molar-refractivity contribution in [2.24, 2.45) is 0 Å². The van der Waals surface area contributed by atoms with Crippen molar-refractivity contribution in [1.82, 2.24) is 4.98 Å².